The second-order valence-electron chi connectivity index (χ2n) is 7.56. The Balaban J connectivity index is 1.66. The SMILES string of the molecule is COc1ccc(C(=O)N2CCc3sccc3[C@@H]2C)cc1S(=O)(=O)Nc1ccc(C)cc1. The highest BCUT2D eigenvalue weighted by Crippen LogP contribution is 2.34. The van der Waals surface area contributed by atoms with Crippen LogP contribution in [0.1, 0.15) is 39.3 Å². The lowest BCUT2D eigenvalue weighted by Crippen LogP contribution is -2.38. The third-order valence-electron chi connectivity index (χ3n) is 5.54. The third-order valence-corrected chi connectivity index (χ3v) is 7.94. The number of carbonyl (C=O) groups excluding carboxylic acids is 1. The topological polar surface area (TPSA) is 75.7 Å². The van der Waals surface area contributed by atoms with Gasteiger partial charge < -0.3 is 9.64 Å². The van der Waals surface area contributed by atoms with Gasteiger partial charge in [0.25, 0.3) is 15.9 Å². The van der Waals surface area contributed by atoms with Crippen LogP contribution in [0, 0.1) is 6.92 Å². The first kappa shape index (κ1) is 21.4. The lowest BCUT2D eigenvalue weighted by molar-refractivity contribution is 0.0679. The molecule has 0 radical (unpaired) electrons. The Bertz CT molecular complexity index is 1220. The molecule has 162 valence electrons. The van der Waals surface area contributed by atoms with Crippen molar-refractivity contribution in [1.29, 1.82) is 0 Å². The molecule has 2 aromatic carbocycles. The van der Waals surface area contributed by atoms with Gasteiger partial charge in [0.15, 0.2) is 0 Å². The monoisotopic (exact) mass is 456 g/mol. The number of nitrogens with zero attached hydrogens (tertiary/aromatic N) is 1. The third kappa shape index (κ3) is 4.18. The zero-order valence-corrected chi connectivity index (χ0v) is 19.2. The van der Waals surface area contributed by atoms with Crippen molar-refractivity contribution in [1.82, 2.24) is 4.90 Å². The molecule has 1 atom stereocenters. The number of benzene rings is 2. The molecule has 4 rings (SSSR count). The van der Waals surface area contributed by atoms with Crippen LogP contribution < -0.4 is 9.46 Å². The number of fused-ring (bicyclic) bond motifs is 1. The van der Waals surface area contributed by atoms with Crippen LogP contribution in [-0.2, 0) is 16.4 Å². The summed E-state index contributed by atoms with van der Waals surface area (Å²) in [4.78, 5) is 16.3. The standard InChI is InChI=1S/C23H24N2O4S2/c1-15-4-7-18(8-5-15)24-31(27,28)22-14-17(6-9-20(22)29-3)23(26)25-12-10-21-19(16(25)2)11-13-30-21/h4-9,11,13-14,16,24H,10,12H2,1-3H3/t16-/m0/s1. The van der Waals surface area contributed by atoms with E-state index in [9.17, 15) is 13.2 Å². The van der Waals surface area contributed by atoms with E-state index >= 15 is 0 Å². The van der Waals surface area contributed by atoms with Gasteiger partial charge in [0.1, 0.15) is 10.6 Å². The molecule has 0 spiro atoms. The van der Waals surface area contributed by atoms with Crippen molar-refractivity contribution in [2.75, 3.05) is 18.4 Å². The number of anilines is 1. The van der Waals surface area contributed by atoms with Crippen LogP contribution in [0.2, 0.25) is 0 Å². The van der Waals surface area contributed by atoms with Gasteiger partial charge in [-0.25, -0.2) is 8.42 Å². The summed E-state index contributed by atoms with van der Waals surface area (Å²) < 4.78 is 34.0. The lowest BCUT2D eigenvalue weighted by atomic mass is 10.0. The average Bonchev–Trinajstić information content (AvgIpc) is 3.24. The zero-order valence-electron chi connectivity index (χ0n) is 17.6. The highest BCUT2D eigenvalue weighted by molar-refractivity contribution is 7.92. The molecule has 1 aromatic heterocycles. The van der Waals surface area contributed by atoms with Crippen molar-refractivity contribution in [3.8, 4) is 5.75 Å². The number of methoxy groups -OCH3 is 1. The number of aryl methyl sites for hydroxylation is 1. The maximum atomic E-state index is 13.3. The van der Waals surface area contributed by atoms with Gasteiger partial charge >= 0.3 is 0 Å². The molecule has 31 heavy (non-hydrogen) atoms. The van der Waals surface area contributed by atoms with Crippen molar-refractivity contribution in [2.45, 2.75) is 31.2 Å². The van der Waals surface area contributed by atoms with Crippen LogP contribution in [0.4, 0.5) is 5.69 Å². The summed E-state index contributed by atoms with van der Waals surface area (Å²) in [6.45, 7) is 4.53. The highest BCUT2D eigenvalue weighted by Gasteiger charge is 2.30. The van der Waals surface area contributed by atoms with Crippen molar-refractivity contribution in [2.24, 2.45) is 0 Å². The fourth-order valence-corrected chi connectivity index (χ4v) is 6.02. The maximum absolute atomic E-state index is 13.3. The van der Waals surface area contributed by atoms with Gasteiger partial charge in [-0.15, -0.1) is 11.3 Å². The quantitative estimate of drug-likeness (QED) is 0.608. The Morgan fingerprint density at radius 1 is 1.16 bits per heavy atom. The molecule has 8 heteroatoms. The molecular formula is C23H24N2O4S2. The molecule has 0 fully saturated rings. The summed E-state index contributed by atoms with van der Waals surface area (Å²) in [6.07, 6.45) is 0.805. The highest BCUT2D eigenvalue weighted by atomic mass is 32.2. The fraction of sp³-hybridized carbons (Fsp3) is 0.261. The van der Waals surface area contributed by atoms with E-state index < -0.39 is 10.0 Å². The number of rotatable bonds is 5. The van der Waals surface area contributed by atoms with Gasteiger partial charge in [-0.05, 0) is 67.6 Å². The number of amides is 1. The summed E-state index contributed by atoms with van der Waals surface area (Å²) in [7, 11) is -2.54. The first-order valence-corrected chi connectivity index (χ1v) is 12.3. The molecule has 1 N–H and O–H groups in total. The number of ether oxygens (including phenoxy) is 1. The summed E-state index contributed by atoms with van der Waals surface area (Å²) in [6, 6.07) is 13.6. The molecule has 1 amide bonds. The first-order valence-electron chi connectivity index (χ1n) is 9.95. The number of nitrogens with one attached hydrogen (secondary N) is 1. The maximum Gasteiger partial charge on any atom is 0.265 e. The lowest BCUT2D eigenvalue weighted by Gasteiger charge is -2.33. The Labute approximate surface area is 186 Å². The van der Waals surface area contributed by atoms with E-state index in [0.717, 1.165) is 17.5 Å². The van der Waals surface area contributed by atoms with E-state index in [1.807, 2.05) is 31.4 Å². The number of carbonyl (C=O) groups is 1. The summed E-state index contributed by atoms with van der Waals surface area (Å²) in [5.41, 5.74) is 2.94. The van der Waals surface area contributed by atoms with Crippen LogP contribution in [0.15, 0.2) is 58.8 Å². The molecule has 0 bridgehead atoms. The molecule has 2 heterocycles. The fourth-order valence-electron chi connectivity index (χ4n) is 3.80. The Kier molecular flexibility index (Phi) is 5.77. The van der Waals surface area contributed by atoms with E-state index in [-0.39, 0.29) is 22.6 Å². The number of hydrogen-bond donors (Lipinski definition) is 1. The average molecular weight is 457 g/mol. The minimum absolute atomic E-state index is 0.0599. The predicted octanol–water partition coefficient (Wildman–Crippen LogP) is 4.63. The second kappa shape index (κ2) is 8.36. The Morgan fingerprint density at radius 2 is 1.90 bits per heavy atom. The largest absolute Gasteiger partial charge is 0.495 e. The molecule has 1 aliphatic heterocycles. The number of sulfonamides is 1. The van der Waals surface area contributed by atoms with Gasteiger partial charge in [-0.1, -0.05) is 17.7 Å². The van der Waals surface area contributed by atoms with Gasteiger partial charge in [0.05, 0.1) is 13.2 Å². The van der Waals surface area contributed by atoms with E-state index in [1.165, 1.54) is 24.1 Å². The molecule has 0 unspecified atom stereocenters. The van der Waals surface area contributed by atoms with E-state index in [2.05, 4.69) is 10.8 Å². The van der Waals surface area contributed by atoms with Gasteiger partial charge in [-0.2, -0.15) is 0 Å². The summed E-state index contributed by atoms with van der Waals surface area (Å²) in [5.74, 6) is -0.0123. The molecular weight excluding hydrogens is 432 g/mol. The summed E-state index contributed by atoms with van der Waals surface area (Å²) >= 11 is 1.71. The van der Waals surface area contributed by atoms with Crippen LogP contribution in [-0.4, -0.2) is 32.9 Å². The van der Waals surface area contributed by atoms with E-state index in [1.54, 1.807) is 34.4 Å². The predicted molar refractivity (Wildman–Crippen MR) is 122 cm³/mol. The first-order chi connectivity index (χ1) is 14.8. The van der Waals surface area contributed by atoms with E-state index in [4.69, 9.17) is 4.74 Å². The molecule has 3 aromatic rings. The number of thiophene rings is 1. The van der Waals surface area contributed by atoms with Gasteiger partial charge in [0, 0.05) is 22.7 Å². The molecule has 0 aliphatic carbocycles. The molecule has 0 saturated heterocycles. The van der Waals surface area contributed by atoms with Crippen LogP contribution in [0.5, 0.6) is 5.75 Å². The smallest absolute Gasteiger partial charge is 0.265 e. The Morgan fingerprint density at radius 3 is 2.61 bits per heavy atom. The molecule has 6 nitrogen and oxygen atoms in total. The van der Waals surface area contributed by atoms with Gasteiger partial charge in [0.2, 0.25) is 0 Å². The molecule has 0 saturated carbocycles. The van der Waals surface area contributed by atoms with Crippen molar-refractivity contribution in [3.05, 3.63) is 75.5 Å². The van der Waals surface area contributed by atoms with Crippen molar-refractivity contribution < 1.29 is 17.9 Å². The van der Waals surface area contributed by atoms with E-state index in [0.29, 0.717) is 17.8 Å². The molecule has 1 aliphatic rings. The van der Waals surface area contributed by atoms with Crippen molar-refractivity contribution >= 4 is 33.0 Å². The normalized spacial score (nSPS) is 16.0. The minimum atomic E-state index is -3.95. The van der Waals surface area contributed by atoms with Crippen LogP contribution in [0.25, 0.3) is 0 Å². The Hall–Kier alpha value is -2.84. The van der Waals surface area contributed by atoms with Crippen LogP contribution >= 0.6 is 11.3 Å². The number of hydrogen-bond acceptors (Lipinski definition) is 5. The second-order valence-corrected chi connectivity index (χ2v) is 10.2. The minimum Gasteiger partial charge on any atom is -0.495 e. The van der Waals surface area contributed by atoms with Gasteiger partial charge in [-0.3, -0.25) is 9.52 Å². The van der Waals surface area contributed by atoms with Crippen molar-refractivity contribution in [3.63, 3.8) is 0 Å². The summed E-state index contributed by atoms with van der Waals surface area (Å²) in [5, 5.41) is 2.05. The van der Waals surface area contributed by atoms with Crippen LogP contribution in [0.3, 0.4) is 0 Å². The zero-order chi connectivity index (χ0) is 22.2.